The number of anilines is 1. The first kappa shape index (κ1) is 17.4. The van der Waals surface area contributed by atoms with E-state index in [0.717, 1.165) is 18.9 Å². The third-order valence-electron chi connectivity index (χ3n) is 3.26. The molecule has 0 aliphatic carbocycles. The van der Waals surface area contributed by atoms with Crippen LogP contribution in [-0.2, 0) is 9.84 Å². The maximum Gasteiger partial charge on any atom is 0.293 e. The summed E-state index contributed by atoms with van der Waals surface area (Å²) in [5.41, 5.74) is 0.0923. The zero-order valence-corrected chi connectivity index (χ0v) is 13.5. The Bertz CT molecular complexity index is 614. The summed E-state index contributed by atoms with van der Waals surface area (Å²) in [7, 11) is -1.50. The zero-order chi connectivity index (χ0) is 16.2. The molecule has 0 radical (unpaired) electrons. The van der Waals surface area contributed by atoms with Crippen molar-refractivity contribution in [3.05, 3.63) is 28.3 Å². The number of sulfone groups is 1. The summed E-state index contributed by atoms with van der Waals surface area (Å²) in [5, 5.41) is 14.0. The largest absolute Gasteiger partial charge is 0.378 e. The van der Waals surface area contributed by atoms with Crippen molar-refractivity contribution in [3.8, 4) is 0 Å². The van der Waals surface area contributed by atoms with Crippen LogP contribution in [0.2, 0.25) is 0 Å². The third-order valence-corrected chi connectivity index (χ3v) is 4.37. The molecule has 0 spiro atoms. The molecule has 0 atom stereocenters. The van der Waals surface area contributed by atoms with E-state index in [0.29, 0.717) is 18.3 Å². The highest BCUT2D eigenvalue weighted by atomic mass is 32.2. The van der Waals surface area contributed by atoms with Crippen LogP contribution in [-0.4, -0.2) is 50.7 Å². The molecule has 1 aromatic rings. The number of nitrogens with zero attached hydrogens (tertiary/aromatic N) is 2. The normalized spacial score (nSPS) is 11.9. The average Bonchev–Trinajstić information content (AvgIpc) is 2.37. The van der Waals surface area contributed by atoms with Crippen LogP contribution >= 0.6 is 0 Å². The summed E-state index contributed by atoms with van der Waals surface area (Å²) in [6.45, 7) is 5.38. The van der Waals surface area contributed by atoms with E-state index in [1.165, 1.54) is 12.1 Å². The second kappa shape index (κ2) is 6.86. The summed E-state index contributed by atoms with van der Waals surface area (Å²) in [6, 6.07) is 4.28. The standard InChI is InChI=1S/C13H21N3O4S/c1-10(2)15(3)8-7-14-12-6-5-11(21(4,19)20)9-13(12)16(17)18/h5-6,9-10,14H,7-8H2,1-4H3. The molecule has 118 valence electrons. The summed E-state index contributed by atoms with van der Waals surface area (Å²) in [5.74, 6) is 0. The molecule has 0 aromatic heterocycles. The minimum atomic E-state index is -3.46. The Morgan fingerprint density at radius 3 is 2.48 bits per heavy atom. The van der Waals surface area contributed by atoms with Gasteiger partial charge in [0.25, 0.3) is 5.69 Å². The average molecular weight is 315 g/mol. The number of hydrogen-bond donors (Lipinski definition) is 1. The Kier molecular flexibility index (Phi) is 5.68. The lowest BCUT2D eigenvalue weighted by Crippen LogP contribution is -2.31. The van der Waals surface area contributed by atoms with Gasteiger partial charge in [0.1, 0.15) is 5.69 Å². The minimum Gasteiger partial charge on any atom is -0.378 e. The molecular weight excluding hydrogens is 294 g/mol. The number of hydrogen-bond acceptors (Lipinski definition) is 6. The van der Waals surface area contributed by atoms with Gasteiger partial charge in [-0.05, 0) is 33.0 Å². The summed E-state index contributed by atoms with van der Waals surface area (Å²) < 4.78 is 22.9. The van der Waals surface area contributed by atoms with Gasteiger partial charge in [-0.3, -0.25) is 10.1 Å². The first-order valence-corrected chi connectivity index (χ1v) is 8.44. The van der Waals surface area contributed by atoms with Crippen LogP contribution in [0.4, 0.5) is 11.4 Å². The molecule has 0 saturated heterocycles. The SMILES string of the molecule is CC(C)N(C)CCNc1ccc(S(C)(=O)=O)cc1[N+](=O)[O-]. The molecule has 0 heterocycles. The Hall–Kier alpha value is -1.67. The van der Waals surface area contributed by atoms with Gasteiger partial charge < -0.3 is 10.2 Å². The van der Waals surface area contributed by atoms with E-state index < -0.39 is 14.8 Å². The van der Waals surface area contributed by atoms with E-state index in [1.54, 1.807) is 0 Å². The molecule has 1 N–H and O–H groups in total. The second-order valence-corrected chi connectivity index (χ2v) is 7.23. The molecule has 21 heavy (non-hydrogen) atoms. The topological polar surface area (TPSA) is 92.6 Å². The van der Waals surface area contributed by atoms with E-state index in [-0.39, 0.29) is 10.6 Å². The molecule has 0 aliphatic heterocycles. The molecule has 1 rings (SSSR count). The lowest BCUT2D eigenvalue weighted by Gasteiger charge is -2.21. The van der Waals surface area contributed by atoms with Crippen molar-refractivity contribution in [2.45, 2.75) is 24.8 Å². The van der Waals surface area contributed by atoms with Crippen LogP contribution in [0.25, 0.3) is 0 Å². The number of benzene rings is 1. The van der Waals surface area contributed by atoms with Crippen LogP contribution in [0.1, 0.15) is 13.8 Å². The van der Waals surface area contributed by atoms with Gasteiger partial charge in [-0.15, -0.1) is 0 Å². The summed E-state index contributed by atoms with van der Waals surface area (Å²) >= 11 is 0. The quantitative estimate of drug-likeness (QED) is 0.608. The van der Waals surface area contributed by atoms with Crippen LogP contribution in [0.15, 0.2) is 23.1 Å². The predicted octanol–water partition coefficient (Wildman–Crippen LogP) is 1.75. The highest BCUT2D eigenvalue weighted by Crippen LogP contribution is 2.27. The maximum absolute atomic E-state index is 11.4. The Balaban J connectivity index is 2.90. The lowest BCUT2D eigenvalue weighted by molar-refractivity contribution is -0.384. The van der Waals surface area contributed by atoms with Gasteiger partial charge in [0.05, 0.1) is 9.82 Å². The minimum absolute atomic E-state index is 0.0564. The van der Waals surface area contributed by atoms with Gasteiger partial charge in [0.15, 0.2) is 9.84 Å². The fourth-order valence-corrected chi connectivity index (χ4v) is 2.31. The Labute approximate surface area is 125 Å². The van der Waals surface area contributed by atoms with E-state index in [1.807, 2.05) is 7.05 Å². The number of nitrogens with one attached hydrogen (secondary N) is 1. The molecular formula is C13H21N3O4S. The van der Waals surface area contributed by atoms with Gasteiger partial charge in [0, 0.05) is 31.5 Å². The van der Waals surface area contributed by atoms with Crippen molar-refractivity contribution in [2.24, 2.45) is 0 Å². The molecule has 0 unspecified atom stereocenters. The van der Waals surface area contributed by atoms with Crippen molar-refractivity contribution in [3.63, 3.8) is 0 Å². The molecule has 0 saturated carbocycles. The van der Waals surface area contributed by atoms with E-state index >= 15 is 0 Å². The molecule has 8 heteroatoms. The van der Waals surface area contributed by atoms with E-state index in [2.05, 4.69) is 24.1 Å². The Morgan fingerprint density at radius 2 is 2.00 bits per heavy atom. The van der Waals surface area contributed by atoms with Crippen LogP contribution in [0.5, 0.6) is 0 Å². The highest BCUT2D eigenvalue weighted by molar-refractivity contribution is 7.90. The predicted molar refractivity (Wildman–Crippen MR) is 82.5 cm³/mol. The van der Waals surface area contributed by atoms with Gasteiger partial charge in [-0.1, -0.05) is 0 Å². The van der Waals surface area contributed by atoms with Crippen LogP contribution < -0.4 is 5.32 Å². The number of nitro groups is 1. The Morgan fingerprint density at radius 1 is 1.38 bits per heavy atom. The molecule has 7 nitrogen and oxygen atoms in total. The molecule has 1 aromatic carbocycles. The fourth-order valence-electron chi connectivity index (χ4n) is 1.67. The second-order valence-electron chi connectivity index (χ2n) is 5.21. The molecule has 0 aliphatic rings. The number of nitro benzene ring substituents is 1. The van der Waals surface area contributed by atoms with Gasteiger partial charge in [-0.2, -0.15) is 0 Å². The summed E-state index contributed by atoms with van der Waals surface area (Å²) in [4.78, 5) is 12.5. The van der Waals surface area contributed by atoms with Gasteiger partial charge >= 0.3 is 0 Å². The summed E-state index contributed by atoms with van der Waals surface area (Å²) in [6.07, 6.45) is 1.02. The zero-order valence-electron chi connectivity index (χ0n) is 12.7. The highest BCUT2D eigenvalue weighted by Gasteiger charge is 2.18. The van der Waals surface area contributed by atoms with Crippen molar-refractivity contribution >= 4 is 21.2 Å². The van der Waals surface area contributed by atoms with Gasteiger partial charge in [-0.25, -0.2) is 8.42 Å². The number of likely N-dealkylation sites (N-methyl/N-ethyl adjacent to an activating group) is 1. The monoisotopic (exact) mass is 315 g/mol. The fraction of sp³-hybridized carbons (Fsp3) is 0.538. The molecule has 0 amide bonds. The van der Waals surface area contributed by atoms with Gasteiger partial charge in [0.2, 0.25) is 0 Å². The van der Waals surface area contributed by atoms with Crippen LogP contribution in [0.3, 0.4) is 0 Å². The van der Waals surface area contributed by atoms with Crippen molar-refractivity contribution in [1.82, 2.24) is 4.90 Å². The van der Waals surface area contributed by atoms with Crippen molar-refractivity contribution in [2.75, 3.05) is 31.7 Å². The third kappa shape index (κ3) is 4.98. The smallest absolute Gasteiger partial charge is 0.293 e. The van der Waals surface area contributed by atoms with E-state index in [4.69, 9.17) is 0 Å². The van der Waals surface area contributed by atoms with Crippen LogP contribution in [0, 0.1) is 10.1 Å². The van der Waals surface area contributed by atoms with Crippen molar-refractivity contribution < 1.29 is 13.3 Å². The first-order valence-electron chi connectivity index (χ1n) is 6.55. The maximum atomic E-state index is 11.4. The molecule has 0 fully saturated rings. The molecule has 0 bridgehead atoms. The number of rotatable bonds is 7. The first-order chi connectivity index (χ1) is 9.62. The van der Waals surface area contributed by atoms with Crippen molar-refractivity contribution in [1.29, 1.82) is 0 Å². The van der Waals surface area contributed by atoms with E-state index in [9.17, 15) is 18.5 Å². The lowest BCUT2D eigenvalue weighted by atomic mass is 10.2.